The number of anilines is 1. The first-order valence-electron chi connectivity index (χ1n) is 6.29. The summed E-state index contributed by atoms with van der Waals surface area (Å²) in [5.74, 6) is -0.0644. The van der Waals surface area contributed by atoms with Gasteiger partial charge in [-0.05, 0) is 37.0 Å². The lowest BCUT2D eigenvalue weighted by Gasteiger charge is -2.39. The molecule has 3 N–H and O–H groups in total. The van der Waals surface area contributed by atoms with Crippen molar-refractivity contribution in [2.75, 3.05) is 5.32 Å². The van der Waals surface area contributed by atoms with Crippen LogP contribution in [-0.4, -0.2) is 10.9 Å². The third kappa shape index (κ3) is 2.25. The van der Waals surface area contributed by atoms with Crippen molar-refractivity contribution in [1.82, 2.24) is 0 Å². The van der Waals surface area contributed by atoms with Crippen molar-refractivity contribution in [3.8, 4) is 0 Å². The average Bonchev–Trinajstić information content (AvgIpc) is 2.28. The number of hydrogen-bond donors (Lipinski definition) is 2. The fraction of sp³-hybridized carbons (Fsp3) is 0.429. The van der Waals surface area contributed by atoms with Crippen molar-refractivity contribution >= 4 is 28.8 Å². The van der Waals surface area contributed by atoms with Gasteiger partial charge in [-0.2, -0.15) is 0 Å². The van der Waals surface area contributed by atoms with E-state index in [2.05, 4.69) is 12.2 Å². The van der Waals surface area contributed by atoms with Crippen molar-refractivity contribution < 1.29 is 4.79 Å². The summed E-state index contributed by atoms with van der Waals surface area (Å²) in [5.41, 5.74) is 7.15. The van der Waals surface area contributed by atoms with E-state index in [0.29, 0.717) is 4.99 Å². The molecule has 0 aliphatic heterocycles. The molecule has 1 aliphatic carbocycles. The van der Waals surface area contributed by atoms with Crippen molar-refractivity contribution in [1.29, 1.82) is 0 Å². The maximum atomic E-state index is 12.2. The Labute approximate surface area is 113 Å². The van der Waals surface area contributed by atoms with Gasteiger partial charge in [0, 0.05) is 5.69 Å². The molecular weight excluding hydrogens is 244 g/mol. The number of rotatable bonds is 4. The highest BCUT2D eigenvalue weighted by Crippen LogP contribution is 2.42. The average molecular weight is 262 g/mol. The predicted octanol–water partition coefficient (Wildman–Crippen LogP) is 2.64. The number of carbonyl (C=O) groups excluding carboxylic acids is 1. The van der Waals surface area contributed by atoms with Crippen molar-refractivity contribution in [2.45, 2.75) is 32.6 Å². The largest absolute Gasteiger partial charge is 0.392 e. The van der Waals surface area contributed by atoms with Crippen molar-refractivity contribution in [3.05, 3.63) is 29.8 Å². The predicted molar refractivity (Wildman–Crippen MR) is 77.5 cm³/mol. The zero-order chi connectivity index (χ0) is 13.2. The second kappa shape index (κ2) is 5.06. The second-order valence-corrected chi connectivity index (χ2v) is 5.24. The fourth-order valence-electron chi connectivity index (χ4n) is 2.19. The molecule has 3 nitrogen and oxygen atoms in total. The summed E-state index contributed by atoms with van der Waals surface area (Å²) in [5, 5.41) is 2.91. The number of benzene rings is 1. The van der Waals surface area contributed by atoms with Gasteiger partial charge in [-0.25, -0.2) is 0 Å². The molecule has 1 fully saturated rings. The molecule has 0 saturated heterocycles. The Morgan fingerprint density at radius 1 is 1.39 bits per heavy atom. The lowest BCUT2D eigenvalue weighted by atomic mass is 9.68. The molecule has 1 aliphatic rings. The van der Waals surface area contributed by atoms with Gasteiger partial charge in [-0.15, -0.1) is 0 Å². The standard InChI is InChI=1S/C14H18N2OS/c1-2-10-4-6-11(7-5-10)16-13(17)14(12(15)18)8-3-9-14/h4-7H,2-3,8-9H2,1H3,(H2,15,18)(H,16,17). The second-order valence-electron chi connectivity index (χ2n) is 4.80. The van der Waals surface area contributed by atoms with E-state index in [1.807, 2.05) is 24.3 Å². The van der Waals surface area contributed by atoms with E-state index < -0.39 is 5.41 Å². The molecule has 0 spiro atoms. The maximum Gasteiger partial charge on any atom is 0.237 e. The van der Waals surface area contributed by atoms with Gasteiger partial charge in [0.1, 0.15) is 0 Å². The van der Waals surface area contributed by atoms with Crippen LogP contribution >= 0.6 is 12.2 Å². The minimum Gasteiger partial charge on any atom is -0.392 e. The monoisotopic (exact) mass is 262 g/mol. The molecule has 1 aromatic carbocycles. The molecule has 18 heavy (non-hydrogen) atoms. The molecule has 1 amide bonds. The molecule has 0 heterocycles. The Balaban J connectivity index is 2.08. The third-order valence-electron chi connectivity index (χ3n) is 3.73. The van der Waals surface area contributed by atoms with Crippen LogP contribution in [0.2, 0.25) is 0 Å². The van der Waals surface area contributed by atoms with Crippen LogP contribution in [0.15, 0.2) is 24.3 Å². The van der Waals surface area contributed by atoms with E-state index >= 15 is 0 Å². The van der Waals surface area contributed by atoms with Crippen LogP contribution in [0.3, 0.4) is 0 Å². The molecule has 0 bridgehead atoms. The van der Waals surface area contributed by atoms with E-state index in [1.54, 1.807) is 0 Å². The van der Waals surface area contributed by atoms with Crippen LogP contribution < -0.4 is 11.1 Å². The molecule has 96 valence electrons. The van der Waals surface area contributed by atoms with Gasteiger partial charge < -0.3 is 11.1 Å². The van der Waals surface area contributed by atoms with Crippen LogP contribution in [0.4, 0.5) is 5.69 Å². The first-order valence-corrected chi connectivity index (χ1v) is 6.69. The van der Waals surface area contributed by atoms with Gasteiger partial charge in [0.05, 0.1) is 10.4 Å². The summed E-state index contributed by atoms with van der Waals surface area (Å²) in [4.78, 5) is 12.6. The zero-order valence-electron chi connectivity index (χ0n) is 10.5. The number of hydrogen-bond acceptors (Lipinski definition) is 2. The van der Waals surface area contributed by atoms with Crippen LogP contribution in [0.25, 0.3) is 0 Å². The van der Waals surface area contributed by atoms with Gasteiger partial charge in [0.2, 0.25) is 5.91 Å². The molecule has 0 aromatic heterocycles. The first-order chi connectivity index (χ1) is 8.58. The smallest absolute Gasteiger partial charge is 0.237 e. The maximum absolute atomic E-state index is 12.2. The SMILES string of the molecule is CCc1ccc(NC(=O)C2(C(N)=S)CCC2)cc1. The zero-order valence-corrected chi connectivity index (χ0v) is 11.3. The molecule has 4 heteroatoms. The number of nitrogens with one attached hydrogen (secondary N) is 1. The van der Waals surface area contributed by atoms with Gasteiger partial charge in [-0.1, -0.05) is 37.7 Å². The molecular formula is C14H18N2OS. The van der Waals surface area contributed by atoms with E-state index in [4.69, 9.17) is 18.0 Å². The van der Waals surface area contributed by atoms with Crippen molar-refractivity contribution in [3.63, 3.8) is 0 Å². The Hall–Kier alpha value is -1.42. The van der Waals surface area contributed by atoms with Crippen LogP contribution in [-0.2, 0) is 11.2 Å². The summed E-state index contributed by atoms with van der Waals surface area (Å²) in [6.07, 6.45) is 3.53. The summed E-state index contributed by atoms with van der Waals surface area (Å²) in [6.45, 7) is 2.10. The van der Waals surface area contributed by atoms with Crippen molar-refractivity contribution in [2.24, 2.45) is 11.1 Å². The molecule has 1 aromatic rings. The minimum atomic E-state index is -0.612. The van der Waals surface area contributed by atoms with Gasteiger partial charge in [0.25, 0.3) is 0 Å². The molecule has 0 radical (unpaired) electrons. The van der Waals surface area contributed by atoms with E-state index in [9.17, 15) is 4.79 Å². The Morgan fingerprint density at radius 2 is 2.00 bits per heavy atom. The van der Waals surface area contributed by atoms with Crippen LogP contribution in [0.5, 0.6) is 0 Å². The third-order valence-corrected chi connectivity index (χ3v) is 4.12. The fourth-order valence-corrected chi connectivity index (χ4v) is 2.49. The highest BCUT2D eigenvalue weighted by Gasteiger charge is 2.46. The molecule has 1 saturated carbocycles. The normalized spacial score (nSPS) is 16.7. The van der Waals surface area contributed by atoms with E-state index in [-0.39, 0.29) is 5.91 Å². The number of thiocarbonyl (C=S) groups is 1. The van der Waals surface area contributed by atoms with E-state index in [0.717, 1.165) is 31.4 Å². The summed E-state index contributed by atoms with van der Waals surface area (Å²) in [6, 6.07) is 7.87. The topological polar surface area (TPSA) is 55.1 Å². The number of carbonyl (C=O) groups is 1. The van der Waals surface area contributed by atoms with Gasteiger partial charge in [0.15, 0.2) is 0 Å². The molecule has 2 rings (SSSR count). The summed E-state index contributed by atoms with van der Waals surface area (Å²) in [7, 11) is 0. The van der Waals surface area contributed by atoms with Gasteiger partial charge >= 0.3 is 0 Å². The number of aryl methyl sites for hydroxylation is 1. The minimum absolute atomic E-state index is 0.0644. The number of amides is 1. The Morgan fingerprint density at radius 3 is 2.39 bits per heavy atom. The quantitative estimate of drug-likeness (QED) is 0.820. The molecule has 0 atom stereocenters. The Bertz CT molecular complexity index is 463. The molecule has 0 unspecified atom stereocenters. The lowest BCUT2D eigenvalue weighted by Crippen LogP contribution is -2.50. The van der Waals surface area contributed by atoms with Crippen LogP contribution in [0, 0.1) is 5.41 Å². The highest BCUT2D eigenvalue weighted by atomic mass is 32.1. The van der Waals surface area contributed by atoms with E-state index in [1.165, 1.54) is 5.56 Å². The number of nitrogens with two attached hydrogens (primary N) is 1. The van der Waals surface area contributed by atoms with Crippen LogP contribution in [0.1, 0.15) is 31.7 Å². The summed E-state index contributed by atoms with van der Waals surface area (Å²) < 4.78 is 0. The summed E-state index contributed by atoms with van der Waals surface area (Å²) >= 11 is 5.03. The first kappa shape index (κ1) is 13.0. The highest BCUT2D eigenvalue weighted by molar-refractivity contribution is 7.80. The van der Waals surface area contributed by atoms with Gasteiger partial charge in [-0.3, -0.25) is 4.79 Å². The Kier molecular flexibility index (Phi) is 3.66. The lowest BCUT2D eigenvalue weighted by molar-refractivity contribution is -0.125.